The third-order valence-corrected chi connectivity index (χ3v) is 6.34. The maximum Gasteiger partial charge on any atom is 0.101 e. The molecule has 1 aliphatic rings. The van der Waals surface area contributed by atoms with Crippen molar-refractivity contribution in [1.82, 2.24) is 9.80 Å². The van der Waals surface area contributed by atoms with Gasteiger partial charge in [0.2, 0.25) is 0 Å². The topological polar surface area (TPSA) is 6.48 Å². The van der Waals surface area contributed by atoms with E-state index in [1.54, 1.807) is 0 Å². The first kappa shape index (κ1) is 25.4. The van der Waals surface area contributed by atoms with Crippen molar-refractivity contribution in [2.75, 3.05) is 6.54 Å². The first-order chi connectivity index (χ1) is 13.7. The van der Waals surface area contributed by atoms with Crippen molar-refractivity contribution in [2.45, 2.75) is 149 Å². The number of unbranched alkanes of at least 4 members (excludes halogenated alkanes) is 14. The van der Waals surface area contributed by atoms with Gasteiger partial charge in [0.05, 0.1) is 0 Å². The Hall–Kier alpha value is -0.660. The van der Waals surface area contributed by atoms with Gasteiger partial charge < -0.3 is 9.80 Å². The lowest BCUT2D eigenvalue weighted by Crippen LogP contribution is -2.42. The van der Waals surface area contributed by atoms with Gasteiger partial charge in [-0.05, 0) is 33.1 Å². The summed E-state index contributed by atoms with van der Waals surface area (Å²) in [5, 5.41) is 0. The van der Waals surface area contributed by atoms with Crippen LogP contribution in [0.4, 0.5) is 0 Å². The molecule has 0 amide bonds. The van der Waals surface area contributed by atoms with Gasteiger partial charge in [-0.2, -0.15) is 0 Å². The maximum absolute atomic E-state index is 2.63. The van der Waals surface area contributed by atoms with E-state index in [1.165, 1.54) is 116 Å². The van der Waals surface area contributed by atoms with Crippen molar-refractivity contribution in [3.05, 3.63) is 12.4 Å². The summed E-state index contributed by atoms with van der Waals surface area (Å²) >= 11 is 0. The highest BCUT2D eigenvalue weighted by molar-refractivity contribution is 4.98. The van der Waals surface area contributed by atoms with Crippen LogP contribution in [0.3, 0.4) is 0 Å². The van der Waals surface area contributed by atoms with Crippen LogP contribution >= 0.6 is 0 Å². The molecule has 0 aromatic heterocycles. The molecule has 0 saturated carbocycles. The molecule has 1 aliphatic heterocycles. The summed E-state index contributed by atoms with van der Waals surface area (Å²) in [5.74, 6) is 0. The van der Waals surface area contributed by atoms with Crippen LogP contribution in [0.2, 0.25) is 0 Å². The van der Waals surface area contributed by atoms with E-state index in [2.05, 4.69) is 49.9 Å². The van der Waals surface area contributed by atoms with Gasteiger partial charge in [-0.15, -0.1) is 0 Å². The highest BCUT2D eigenvalue weighted by Crippen LogP contribution is 2.24. The molecule has 2 nitrogen and oxygen atoms in total. The summed E-state index contributed by atoms with van der Waals surface area (Å²) < 4.78 is 0. The molecule has 2 heteroatoms. The zero-order valence-electron chi connectivity index (χ0n) is 19.9. The highest BCUT2D eigenvalue weighted by Gasteiger charge is 2.26. The van der Waals surface area contributed by atoms with Crippen molar-refractivity contribution in [3.8, 4) is 0 Å². The second kappa shape index (κ2) is 17.2. The standard InChI is InChI=1S/C26H52N2/c1-5-7-9-11-12-13-14-15-16-18-20-22-27-23-24-28(25(3)4)26(27)21-19-17-10-8-6-2/h23-26H,5-22H2,1-4H3. The quantitative estimate of drug-likeness (QED) is 0.203. The van der Waals surface area contributed by atoms with E-state index in [0.717, 1.165) is 0 Å². The molecule has 0 bridgehead atoms. The van der Waals surface area contributed by atoms with Crippen molar-refractivity contribution >= 4 is 0 Å². The lowest BCUT2D eigenvalue weighted by atomic mass is 10.1. The Bertz CT molecular complexity index is 363. The van der Waals surface area contributed by atoms with Gasteiger partial charge >= 0.3 is 0 Å². The molecule has 0 aromatic rings. The molecule has 0 fully saturated rings. The molecule has 1 atom stereocenters. The fourth-order valence-corrected chi connectivity index (χ4v) is 4.48. The first-order valence-corrected chi connectivity index (χ1v) is 12.9. The summed E-state index contributed by atoms with van der Waals surface area (Å²) in [6.45, 7) is 10.5. The second-order valence-corrected chi connectivity index (χ2v) is 9.30. The van der Waals surface area contributed by atoms with Gasteiger partial charge in [-0.3, -0.25) is 0 Å². The normalized spacial score (nSPS) is 16.7. The van der Waals surface area contributed by atoms with Gasteiger partial charge in [0, 0.05) is 25.0 Å². The van der Waals surface area contributed by atoms with E-state index < -0.39 is 0 Å². The van der Waals surface area contributed by atoms with Gasteiger partial charge in [-0.25, -0.2) is 0 Å². The van der Waals surface area contributed by atoms with Crippen molar-refractivity contribution in [3.63, 3.8) is 0 Å². The van der Waals surface area contributed by atoms with Crippen molar-refractivity contribution in [1.29, 1.82) is 0 Å². The van der Waals surface area contributed by atoms with Crippen LogP contribution in [0.15, 0.2) is 12.4 Å². The van der Waals surface area contributed by atoms with E-state index in [0.29, 0.717) is 12.2 Å². The van der Waals surface area contributed by atoms with Crippen LogP contribution < -0.4 is 0 Å². The van der Waals surface area contributed by atoms with Crippen molar-refractivity contribution in [2.24, 2.45) is 0 Å². The lowest BCUT2D eigenvalue weighted by Gasteiger charge is -2.35. The van der Waals surface area contributed by atoms with Gasteiger partial charge in [0.1, 0.15) is 6.17 Å². The number of hydrogen-bond acceptors (Lipinski definition) is 2. The Labute approximate surface area is 178 Å². The molecule has 1 rings (SSSR count). The Morgan fingerprint density at radius 2 is 1.07 bits per heavy atom. The van der Waals surface area contributed by atoms with E-state index in [1.807, 2.05) is 0 Å². The molecule has 0 aliphatic carbocycles. The molecule has 0 radical (unpaired) electrons. The van der Waals surface area contributed by atoms with Crippen LogP contribution in [0.25, 0.3) is 0 Å². The van der Waals surface area contributed by atoms with Gasteiger partial charge in [0.15, 0.2) is 0 Å². The minimum absolute atomic E-state index is 0.610. The van der Waals surface area contributed by atoms with E-state index in [4.69, 9.17) is 0 Å². The van der Waals surface area contributed by atoms with Crippen LogP contribution in [-0.2, 0) is 0 Å². The molecule has 1 unspecified atom stereocenters. The van der Waals surface area contributed by atoms with Crippen LogP contribution in [0.1, 0.15) is 137 Å². The molecule has 0 saturated heterocycles. The highest BCUT2D eigenvalue weighted by atomic mass is 15.4. The SMILES string of the molecule is CCCCCCCCCCCCCN1C=CN(C(C)C)C1CCCCCCC. The molecule has 1 heterocycles. The molecular weight excluding hydrogens is 340 g/mol. The van der Waals surface area contributed by atoms with Crippen LogP contribution in [-0.4, -0.2) is 28.6 Å². The van der Waals surface area contributed by atoms with E-state index in [-0.39, 0.29) is 0 Å². The Kier molecular flexibility index (Phi) is 15.6. The van der Waals surface area contributed by atoms with E-state index in [9.17, 15) is 0 Å². The minimum Gasteiger partial charge on any atom is -0.356 e. The monoisotopic (exact) mass is 392 g/mol. The second-order valence-electron chi connectivity index (χ2n) is 9.30. The molecule has 28 heavy (non-hydrogen) atoms. The van der Waals surface area contributed by atoms with E-state index >= 15 is 0 Å². The smallest absolute Gasteiger partial charge is 0.101 e. The number of rotatable bonds is 19. The predicted octanol–water partition coefficient (Wildman–Crippen LogP) is 8.48. The largest absolute Gasteiger partial charge is 0.356 e. The van der Waals surface area contributed by atoms with Crippen LogP contribution in [0.5, 0.6) is 0 Å². The van der Waals surface area contributed by atoms with Crippen molar-refractivity contribution < 1.29 is 0 Å². The van der Waals surface area contributed by atoms with Crippen LogP contribution in [0, 0.1) is 0 Å². The van der Waals surface area contributed by atoms with Gasteiger partial charge in [-0.1, -0.05) is 104 Å². The molecular formula is C26H52N2. The predicted molar refractivity (Wildman–Crippen MR) is 126 cm³/mol. The maximum atomic E-state index is 2.63. The fraction of sp³-hybridized carbons (Fsp3) is 0.923. The molecule has 166 valence electrons. The zero-order valence-corrected chi connectivity index (χ0v) is 19.9. The number of nitrogens with zero attached hydrogens (tertiary/aromatic N) is 2. The average Bonchev–Trinajstić information content (AvgIpc) is 3.09. The summed E-state index contributed by atoms with van der Waals surface area (Å²) in [6, 6.07) is 0.610. The third kappa shape index (κ3) is 11.4. The molecule has 0 aromatic carbocycles. The lowest BCUT2D eigenvalue weighted by molar-refractivity contribution is 0.114. The summed E-state index contributed by atoms with van der Waals surface area (Å²) in [4.78, 5) is 5.21. The fourth-order valence-electron chi connectivity index (χ4n) is 4.48. The summed E-state index contributed by atoms with van der Waals surface area (Å²) in [6.07, 6.45) is 29.3. The van der Waals surface area contributed by atoms with Gasteiger partial charge in [0.25, 0.3) is 0 Å². The Morgan fingerprint density at radius 1 is 0.607 bits per heavy atom. The number of hydrogen-bond donors (Lipinski definition) is 0. The molecule has 0 N–H and O–H groups in total. The Balaban J connectivity index is 2.11. The Morgan fingerprint density at radius 3 is 1.57 bits per heavy atom. The summed E-state index contributed by atoms with van der Waals surface area (Å²) in [7, 11) is 0. The first-order valence-electron chi connectivity index (χ1n) is 12.9. The third-order valence-electron chi connectivity index (χ3n) is 6.34. The molecule has 0 spiro atoms. The minimum atomic E-state index is 0.610. The summed E-state index contributed by atoms with van der Waals surface area (Å²) in [5.41, 5.74) is 0. The average molecular weight is 393 g/mol. The zero-order chi connectivity index (χ0) is 20.5.